The summed E-state index contributed by atoms with van der Waals surface area (Å²) in [6.45, 7) is 0.857. The summed E-state index contributed by atoms with van der Waals surface area (Å²) in [5.41, 5.74) is 0. The lowest BCUT2D eigenvalue weighted by Crippen LogP contribution is -2.60. The van der Waals surface area contributed by atoms with E-state index >= 15 is 0 Å². The summed E-state index contributed by atoms with van der Waals surface area (Å²) in [4.78, 5) is 0. The van der Waals surface area contributed by atoms with Gasteiger partial charge < -0.3 is 20.1 Å². The van der Waals surface area contributed by atoms with Crippen molar-refractivity contribution in [2.24, 2.45) is 0 Å². The van der Waals surface area contributed by atoms with Gasteiger partial charge in [0.25, 0.3) is 10.1 Å². The summed E-state index contributed by atoms with van der Waals surface area (Å²) < 4.78 is 30.9. The molecule has 8 heteroatoms. The van der Waals surface area contributed by atoms with Crippen LogP contribution < -0.4 is 0 Å². The van der Waals surface area contributed by atoms with E-state index in [9.17, 15) is 23.7 Å². The van der Waals surface area contributed by atoms with Gasteiger partial charge in [-0.15, -0.1) is 0 Å². The molecule has 1 rings (SSSR count). The van der Waals surface area contributed by atoms with E-state index in [1.54, 1.807) is 0 Å². The van der Waals surface area contributed by atoms with Crippen LogP contribution in [0.4, 0.5) is 0 Å². The van der Waals surface area contributed by atoms with Crippen LogP contribution in [-0.4, -0.2) is 60.7 Å². The molecule has 0 amide bonds. The van der Waals surface area contributed by atoms with Crippen molar-refractivity contribution in [3.8, 4) is 0 Å². The van der Waals surface area contributed by atoms with Gasteiger partial charge in [-0.1, -0.05) is 0 Å². The SMILES string of the molecule is C[C@]1(O)OC[C@H](O)[C@H](O)[C@H]1OS(C)(=O)=O. The van der Waals surface area contributed by atoms with Gasteiger partial charge in [0.1, 0.15) is 12.2 Å². The Kier molecular flexibility index (Phi) is 3.39. The average Bonchev–Trinajstić information content (AvgIpc) is 2.05. The van der Waals surface area contributed by atoms with Crippen LogP contribution in [0.2, 0.25) is 0 Å². The maximum Gasteiger partial charge on any atom is 0.264 e. The van der Waals surface area contributed by atoms with Crippen LogP contribution in [0, 0.1) is 0 Å². The highest BCUT2D eigenvalue weighted by molar-refractivity contribution is 7.86. The molecule has 0 radical (unpaired) electrons. The predicted octanol–water partition coefficient (Wildman–Crippen LogP) is -2.21. The number of aliphatic hydroxyl groups excluding tert-OH is 2. The van der Waals surface area contributed by atoms with Gasteiger partial charge in [0, 0.05) is 0 Å². The molecule has 1 aliphatic rings. The van der Waals surface area contributed by atoms with E-state index in [0.29, 0.717) is 0 Å². The van der Waals surface area contributed by atoms with Crippen molar-refractivity contribution in [2.45, 2.75) is 31.0 Å². The van der Waals surface area contributed by atoms with Gasteiger partial charge in [-0.3, -0.25) is 4.18 Å². The Labute approximate surface area is 87.4 Å². The minimum Gasteiger partial charge on any atom is -0.388 e. The fourth-order valence-corrected chi connectivity index (χ4v) is 1.96. The Morgan fingerprint density at radius 1 is 1.47 bits per heavy atom. The second kappa shape index (κ2) is 3.96. The highest BCUT2D eigenvalue weighted by atomic mass is 32.2. The van der Waals surface area contributed by atoms with Crippen molar-refractivity contribution < 1.29 is 32.7 Å². The molecular formula is C7H14O7S. The number of rotatable bonds is 2. The van der Waals surface area contributed by atoms with Gasteiger partial charge in [0.2, 0.25) is 0 Å². The van der Waals surface area contributed by atoms with E-state index in [4.69, 9.17) is 4.74 Å². The lowest BCUT2D eigenvalue weighted by Gasteiger charge is -2.41. The van der Waals surface area contributed by atoms with E-state index < -0.39 is 34.2 Å². The average molecular weight is 242 g/mol. The van der Waals surface area contributed by atoms with E-state index in [1.165, 1.54) is 0 Å². The molecule has 90 valence electrons. The zero-order valence-electron chi connectivity index (χ0n) is 8.32. The Hall–Kier alpha value is -0.250. The minimum absolute atomic E-state index is 0.294. The Morgan fingerprint density at radius 2 is 2.00 bits per heavy atom. The first-order valence-corrected chi connectivity index (χ1v) is 6.06. The third-order valence-corrected chi connectivity index (χ3v) is 2.61. The highest BCUT2D eigenvalue weighted by Crippen LogP contribution is 2.26. The van der Waals surface area contributed by atoms with Gasteiger partial charge in [-0.25, -0.2) is 0 Å². The van der Waals surface area contributed by atoms with Gasteiger partial charge in [0.05, 0.1) is 12.9 Å². The summed E-state index contributed by atoms with van der Waals surface area (Å²) in [6, 6.07) is 0. The third kappa shape index (κ3) is 3.10. The topological polar surface area (TPSA) is 113 Å². The Morgan fingerprint density at radius 3 is 2.47 bits per heavy atom. The van der Waals surface area contributed by atoms with E-state index in [-0.39, 0.29) is 6.61 Å². The van der Waals surface area contributed by atoms with Crippen LogP contribution in [-0.2, 0) is 19.0 Å². The van der Waals surface area contributed by atoms with E-state index in [0.717, 1.165) is 13.2 Å². The van der Waals surface area contributed by atoms with Gasteiger partial charge in [-0.05, 0) is 6.92 Å². The molecule has 7 nitrogen and oxygen atoms in total. The largest absolute Gasteiger partial charge is 0.388 e. The first-order chi connectivity index (χ1) is 6.63. The molecule has 0 aromatic heterocycles. The number of aliphatic hydroxyl groups is 3. The molecule has 0 bridgehead atoms. The van der Waals surface area contributed by atoms with Gasteiger partial charge in [0.15, 0.2) is 11.9 Å². The van der Waals surface area contributed by atoms with Crippen LogP contribution in [0.5, 0.6) is 0 Å². The van der Waals surface area contributed by atoms with Crippen LogP contribution in [0.1, 0.15) is 6.92 Å². The Bertz CT molecular complexity index is 322. The summed E-state index contributed by atoms with van der Waals surface area (Å²) in [5, 5.41) is 28.3. The number of ether oxygens (including phenoxy) is 1. The Balaban J connectivity index is 2.89. The van der Waals surface area contributed by atoms with Crippen molar-refractivity contribution in [1.29, 1.82) is 0 Å². The molecule has 3 N–H and O–H groups in total. The van der Waals surface area contributed by atoms with E-state index in [2.05, 4.69) is 4.18 Å². The number of hydrogen-bond acceptors (Lipinski definition) is 7. The highest BCUT2D eigenvalue weighted by Gasteiger charge is 2.48. The van der Waals surface area contributed by atoms with Crippen molar-refractivity contribution >= 4 is 10.1 Å². The first kappa shape index (κ1) is 12.8. The maximum atomic E-state index is 10.9. The van der Waals surface area contributed by atoms with Crippen molar-refractivity contribution in [2.75, 3.05) is 12.9 Å². The quantitative estimate of drug-likeness (QED) is 0.470. The lowest BCUT2D eigenvalue weighted by atomic mass is 9.98. The molecule has 0 spiro atoms. The first-order valence-electron chi connectivity index (χ1n) is 4.24. The standard InChI is InChI=1S/C7H14O7S/c1-7(10)6(14-15(2,11)12)5(9)4(8)3-13-7/h4-6,8-10H,3H2,1-2H3/t4-,5-,6+,7-/m0/s1. The van der Waals surface area contributed by atoms with Crippen LogP contribution in [0.25, 0.3) is 0 Å². The summed E-state index contributed by atoms with van der Waals surface area (Å²) in [5.74, 6) is -1.96. The predicted molar refractivity (Wildman–Crippen MR) is 48.3 cm³/mol. The smallest absolute Gasteiger partial charge is 0.264 e. The van der Waals surface area contributed by atoms with Crippen molar-refractivity contribution in [3.63, 3.8) is 0 Å². The fourth-order valence-electron chi connectivity index (χ4n) is 1.29. The molecule has 15 heavy (non-hydrogen) atoms. The molecule has 0 aromatic rings. The summed E-state index contributed by atoms with van der Waals surface area (Å²) in [7, 11) is -3.86. The van der Waals surface area contributed by atoms with E-state index in [1.807, 2.05) is 0 Å². The molecule has 1 fully saturated rings. The minimum atomic E-state index is -3.86. The molecule has 0 aliphatic carbocycles. The van der Waals surface area contributed by atoms with Crippen LogP contribution >= 0.6 is 0 Å². The number of hydrogen-bond donors (Lipinski definition) is 3. The zero-order chi connectivity index (χ0) is 11.9. The van der Waals surface area contributed by atoms with Gasteiger partial charge >= 0.3 is 0 Å². The second-order valence-electron chi connectivity index (χ2n) is 3.64. The molecule has 0 unspecified atom stereocenters. The molecule has 1 aliphatic heterocycles. The molecule has 0 saturated carbocycles. The van der Waals surface area contributed by atoms with Crippen LogP contribution in [0.15, 0.2) is 0 Å². The van der Waals surface area contributed by atoms with Crippen molar-refractivity contribution in [3.05, 3.63) is 0 Å². The van der Waals surface area contributed by atoms with Crippen LogP contribution in [0.3, 0.4) is 0 Å². The van der Waals surface area contributed by atoms with Gasteiger partial charge in [-0.2, -0.15) is 8.42 Å². The molecule has 1 heterocycles. The normalized spacial score (nSPS) is 42.9. The lowest BCUT2D eigenvalue weighted by molar-refractivity contribution is -0.304. The molecule has 1 saturated heterocycles. The molecule has 0 aromatic carbocycles. The summed E-state index contributed by atoms with van der Waals surface area (Å²) >= 11 is 0. The zero-order valence-corrected chi connectivity index (χ0v) is 9.14. The maximum absolute atomic E-state index is 10.9. The monoisotopic (exact) mass is 242 g/mol. The summed E-state index contributed by atoms with van der Waals surface area (Å²) in [6.07, 6.45) is -3.59. The molecule has 4 atom stereocenters. The third-order valence-electron chi connectivity index (χ3n) is 2.06. The second-order valence-corrected chi connectivity index (χ2v) is 5.25. The van der Waals surface area contributed by atoms with Crippen molar-refractivity contribution in [1.82, 2.24) is 0 Å². The fraction of sp³-hybridized carbons (Fsp3) is 1.00. The molecular weight excluding hydrogens is 228 g/mol.